The maximum Gasteiger partial charge on any atom is 0.164 e. The van der Waals surface area contributed by atoms with Gasteiger partial charge in [-0.05, 0) is 69.8 Å². The first-order valence-corrected chi connectivity index (χ1v) is 19.5. The zero-order chi connectivity index (χ0) is 38.2. The van der Waals surface area contributed by atoms with Gasteiger partial charge in [0.15, 0.2) is 17.5 Å². The van der Waals surface area contributed by atoms with Crippen molar-refractivity contribution in [3.63, 3.8) is 0 Å². The normalized spacial score (nSPS) is 11.8. The van der Waals surface area contributed by atoms with Gasteiger partial charge in [-0.25, -0.2) is 15.0 Å². The maximum absolute atomic E-state index is 6.32. The molecule has 0 unspecified atom stereocenters. The van der Waals surface area contributed by atoms with E-state index in [0.29, 0.717) is 17.5 Å². The van der Waals surface area contributed by atoms with Crippen LogP contribution >= 0.6 is 0 Å². The molecule has 0 aliphatic carbocycles. The number of furan rings is 1. The topological polar surface area (TPSA) is 56.7 Å². The lowest BCUT2D eigenvalue weighted by atomic mass is 10.0. The molecule has 5 heteroatoms. The van der Waals surface area contributed by atoms with Gasteiger partial charge in [0.2, 0.25) is 0 Å². The fraction of sp³-hybridized carbons (Fsp3) is 0. The first-order chi connectivity index (χ1) is 28.7. The summed E-state index contributed by atoms with van der Waals surface area (Å²) in [5.74, 6) is 1.81. The molecule has 12 rings (SSSR count). The quantitative estimate of drug-likeness (QED) is 0.176. The fourth-order valence-electron chi connectivity index (χ4n) is 8.75. The third-order valence-corrected chi connectivity index (χ3v) is 11.5. The average molecular weight is 741 g/mol. The Balaban J connectivity index is 1.11. The number of aromatic nitrogens is 4. The van der Waals surface area contributed by atoms with Crippen LogP contribution in [-0.2, 0) is 0 Å². The zero-order valence-corrected chi connectivity index (χ0v) is 31.2. The summed E-state index contributed by atoms with van der Waals surface area (Å²) in [7, 11) is 0. The van der Waals surface area contributed by atoms with E-state index in [2.05, 4.69) is 168 Å². The lowest BCUT2D eigenvalue weighted by Crippen LogP contribution is -2.02. The molecule has 270 valence electrons. The molecule has 3 heterocycles. The van der Waals surface area contributed by atoms with Gasteiger partial charge in [0.1, 0.15) is 11.2 Å². The van der Waals surface area contributed by atoms with Crippen molar-refractivity contribution in [3.05, 3.63) is 194 Å². The second-order valence-electron chi connectivity index (χ2n) is 14.8. The van der Waals surface area contributed by atoms with Crippen molar-refractivity contribution < 1.29 is 4.42 Å². The van der Waals surface area contributed by atoms with E-state index in [-0.39, 0.29) is 0 Å². The Morgan fingerprint density at radius 2 is 1.00 bits per heavy atom. The molecular weight excluding hydrogens is 709 g/mol. The van der Waals surface area contributed by atoms with Gasteiger partial charge in [-0.3, -0.25) is 0 Å². The summed E-state index contributed by atoms with van der Waals surface area (Å²) >= 11 is 0. The van der Waals surface area contributed by atoms with Crippen molar-refractivity contribution in [2.45, 2.75) is 0 Å². The summed E-state index contributed by atoms with van der Waals surface area (Å²) in [5.41, 5.74) is 10.1. The van der Waals surface area contributed by atoms with Crippen LogP contribution in [-0.4, -0.2) is 19.5 Å². The highest BCUT2D eigenvalue weighted by molar-refractivity contribution is 6.13. The van der Waals surface area contributed by atoms with Gasteiger partial charge in [0.05, 0.1) is 16.7 Å². The van der Waals surface area contributed by atoms with E-state index in [9.17, 15) is 0 Å². The van der Waals surface area contributed by atoms with E-state index in [1.165, 1.54) is 21.9 Å². The van der Waals surface area contributed by atoms with Crippen molar-refractivity contribution in [1.82, 2.24) is 19.5 Å². The molecule has 0 radical (unpaired) electrons. The van der Waals surface area contributed by atoms with Gasteiger partial charge in [-0.1, -0.05) is 152 Å². The summed E-state index contributed by atoms with van der Waals surface area (Å²) in [6.45, 7) is 0. The maximum atomic E-state index is 6.32. The van der Waals surface area contributed by atoms with Crippen LogP contribution < -0.4 is 0 Å². The van der Waals surface area contributed by atoms with Gasteiger partial charge in [0, 0.05) is 43.6 Å². The number of hydrogen-bond donors (Lipinski definition) is 0. The monoisotopic (exact) mass is 740 g/mol. The summed E-state index contributed by atoms with van der Waals surface area (Å²) in [5, 5.41) is 8.89. The van der Waals surface area contributed by atoms with Gasteiger partial charge in [-0.15, -0.1) is 0 Å². The Hall–Kier alpha value is -7.89. The second kappa shape index (κ2) is 12.8. The first kappa shape index (κ1) is 32.4. The highest BCUT2D eigenvalue weighted by Crippen LogP contribution is 2.41. The van der Waals surface area contributed by atoms with E-state index in [0.717, 1.165) is 76.9 Å². The molecule has 0 N–H and O–H groups in total. The highest BCUT2D eigenvalue weighted by atomic mass is 16.3. The van der Waals surface area contributed by atoms with Crippen LogP contribution in [0, 0.1) is 0 Å². The second-order valence-corrected chi connectivity index (χ2v) is 14.8. The standard InChI is InChI=1S/C53H32N4O/c1-2-13-33(14-3-1)36-27-28-41-40-19-8-10-22-45(40)57(47(41)32-36)46-30-29-42(38-17-6-7-18-39(38)46)52-54-51(37-26-25-34-15-4-5-16-35(34)31-37)55-53(56-52)44-21-12-24-49-50(44)43-20-9-11-23-48(43)58-49/h1-32H. The predicted molar refractivity (Wildman–Crippen MR) is 238 cm³/mol. The molecule has 0 bridgehead atoms. The van der Waals surface area contributed by atoms with E-state index < -0.39 is 0 Å². The molecule has 12 aromatic rings. The van der Waals surface area contributed by atoms with E-state index in [1.54, 1.807) is 0 Å². The van der Waals surface area contributed by atoms with Crippen LogP contribution in [0.2, 0.25) is 0 Å². The number of rotatable bonds is 5. The summed E-state index contributed by atoms with van der Waals surface area (Å²) in [6.07, 6.45) is 0. The van der Waals surface area contributed by atoms with Crippen LogP contribution in [0.5, 0.6) is 0 Å². The average Bonchev–Trinajstić information content (AvgIpc) is 3.84. The third kappa shape index (κ3) is 5.07. The SMILES string of the molecule is c1ccc(-c2ccc3c4ccccc4n(-c4ccc(-c5nc(-c6ccc7ccccc7c6)nc(-c6cccc7oc8ccccc8c67)n5)c5ccccc45)c3c2)cc1. The van der Waals surface area contributed by atoms with Gasteiger partial charge < -0.3 is 8.98 Å². The zero-order valence-electron chi connectivity index (χ0n) is 31.2. The summed E-state index contributed by atoms with van der Waals surface area (Å²) < 4.78 is 8.73. The van der Waals surface area contributed by atoms with Crippen molar-refractivity contribution >= 4 is 65.3 Å². The van der Waals surface area contributed by atoms with Crippen LogP contribution in [0.3, 0.4) is 0 Å². The fourth-order valence-corrected chi connectivity index (χ4v) is 8.75. The number of para-hydroxylation sites is 2. The van der Waals surface area contributed by atoms with Crippen LogP contribution in [0.25, 0.3) is 116 Å². The molecule has 5 nitrogen and oxygen atoms in total. The highest BCUT2D eigenvalue weighted by Gasteiger charge is 2.21. The van der Waals surface area contributed by atoms with E-state index >= 15 is 0 Å². The smallest absolute Gasteiger partial charge is 0.164 e. The van der Waals surface area contributed by atoms with E-state index in [4.69, 9.17) is 19.4 Å². The van der Waals surface area contributed by atoms with Crippen LogP contribution in [0.4, 0.5) is 0 Å². The largest absolute Gasteiger partial charge is 0.456 e. The Labute approximate surface area is 333 Å². The lowest BCUT2D eigenvalue weighted by Gasteiger charge is -2.15. The molecule has 3 aromatic heterocycles. The lowest BCUT2D eigenvalue weighted by molar-refractivity contribution is 0.669. The molecule has 0 fully saturated rings. The number of benzene rings is 9. The Morgan fingerprint density at radius 3 is 1.88 bits per heavy atom. The number of hydrogen-bond acceptors (Lipinski definition) is 4. The van der Waals surface area contributed by atoms with Gasteiger partial charge >= 0.3 is 0 Å². The summed E-state index contributed by atoms with van der Waals surface area (Å²) in [4.78, 5) is 15.8. The minimum atomic E-state index is 0.592. The molecule has 0 atom stereocenters. The first-order valence-electron chi connectivity index (χ1n) is 19.5. The minimum Gasteiger partial charge on any atom is -0.456 e. The van der Waals surface area contributed by atoms with Crippen molar-refractivity contribution in [2.75, 3.05) is 0 Å². The predicted octanol–water partition coefficient (Wildman–Crippen LogP) is 13.8. The van der Waals surface area contributed by atoms with Gasteiger partial charge in [-0.2, -0.15) is 0 Å². The molecule has 0 saturated heterocycles. The van der Waals surface area contributed by atoms with E-state index in [1.807, 2.05) is 30.3 Å². The third-order valence-electron chi connectivity index (χ3n) is 11.5. The molecule has 58 heavy (non-hydrogen) atoms. The molecule has 0 aliphatic heterocycles. The Kier molecular flexibility index (Phi) is 7.16. The Bertz CT molecular complexity index is 3580. The molecule has 0 saturated carbocycles. The Morgan fingerprint density at radius 1 is 0.345 bits per heavy atom. The molecule has 0 amide bonds. The molecule has 0 spiro atoms. The molecule has 0 aliphatic rings. The van der Waals surface area contributed by atoms with Crippen LogP contribution in [0.15, 0.2) is 199 Å². The minimum absolute atomic E-state index is 0.592. The van der Waals surface area contributed by atoms with Crippen molar-refractivity contribution in [2.24, 2.45) is 0 Å². The van der Waals surface area contributed by atoms with Crippen molar-refractivity contribution in [1.29, 1.82) is 0 Å². The molecule has 9 aromatic carbocycles. The number of nitrogens with zero attached hydrogens (tertiary/aromatic N) is 4. The van der Waals surface area contributed by atoms with Gasteiger partial charge in [0.25, 0.3) is 0 Å². The number of fused-ring (bicyclic) bond motifs is 8. The molecular formula is C53H32N4O. The van der Waals surface area contributed by atoms with Crippen molar-refractivity contribution in [3.8, 4) is 51.0 Å². The summed E-state index contributed by atoms with van der Waals surface area (Å²) in [6, 6.07) is 68.1. The van der Waals surface area contributed by atoms with Crippen LogP contribution in [0.1, 0.15) is 0 Å².